The fourth-order valence-electron chi connectivity index (χ4n) is 3.22. The molecule has 2 fully saturated rings. The molecule has 2 heterocycles. The Morgan fingerprint density at radius 2 is 2.09 bits per heavy atom. The number of halogens is 1. The number of likely N-dealkylation sites (tertiary alicyclic amines) is 1. The van der Waals surface area contributed by atoms with Gasteiger partial charge in [0.2, 0.25) is 11.8 Å². The summed E-state index contributed by atoms with van der Waals surface area (Å²) >= 11 is 0. The summed E-state index contributed by atoms with van der Waals surface area (Å²) in [5.74, 6) is 0.821. The molecule has 0 radical (unpaired) electrons. The number of rotatable bonds is 6. The van der Waals surface area contributed by atoms with E-state index in [9.17, 15) is 9.59 Å². The van der Waals surface area contributed by atoms with Crippen LogP contribution in [-0.4, -0.2) is 48.9 Å². The Morgan fingerprint density at radius 1 is 1.27 bits per heavy atom. The first-order valence-electron chi connectivity index (χ1n) is 8.49. The van der Waals surface area contributed by atoms with E-state index in [0.29, 0.717) is 18.9 Å². The van der Waals surface area contributed by atoms with E-state index in [1.807, 2.05) is 4.90 Å². The van der Waals surface area contributed by atoms with Crippen molar-refractivity contribution in [3.63, 3.8) is 0 Å². The lowest BCUT2D eigenvalue weighted by Gasteiger charge is -2.33. The summed E-state index contributed by atoms with van der Waals surface area (Å²) < 4.78 is 0. The highest BCUT2D eigenvalue weighted by atomic mass is 35.5. The van der Waals surface area contributed by atoms with Crippen LogP contribution in [0.25, 0.3) is 0 Å². The summed E-state index contributed by atoms with van der Waals surface area (Å²) in [7, 11) is 0. The Morgan fingerprint density at radius 3 is 2.77 bits per heavy atom. The van der Waals surface area contributed by atoms with Crippen LogP contribution in [0.3, 0.4) is 0 Å². The Labute approximate surface area is 140 Å². The first kappa shape index (κ1) is 19.2. The molecule has 128 valence electrons. The highest BCUT2D eigenvalue weighted by Crippen LogP contribution is 2.17. The van der Waals surface area contributed by atoms with Crippen LogP contribution in [0.1, 0.15) is 51.9 Å². The van der Waals surface area contributed by atoms with Gasteiger partial charge in [0.1, 0.15) is 0 Å². The van der Waals surface area contributed by atoms with Gasteiger partial charge in [-0.05, 0) is 44.6 Å². The van der Waals surface area contributed by atoms with E-state index in [1.165, 1.54) is 0 Å². The van der Waals surface area contributed by atoms with Crippen LogP contribution in [-0.2, 0) is 9.59 Å². The minimum atomic E-state index is -0.00382. The standard InChI is InChI=1S/C16H29N3O2.ClH/c1-2-3-8-15(20)19-10-5-6-13(12-19)11-18-16(21)14-7-4-9-17-14;/h13-14,17H,2-12H2,1H3,(H,18,21);1H. The molecule has 5 nitrogen and oxygen atoms in total. The maximum absolute atomic E-state index is 12.1. The van der Waals surface area contributed by atoms with Crippen LogP contribution in [0.5, 0.6) is 0 Å². The van der Waals surface area contributed by atoms with Gasteiger partial charge in [-0.25, -0.2) is 0 Å². The minimum absolute atomic E-state index is 0. The van der Waals surface area contributed by atoms with E-state index < -0.39 is 0 Å². The summed E-state index contributed by atoms with van der Waals surface area (Å²) in [6.45, 7) is 5.45. The topological polar surface area (TPSA) is 61.4 Å². The smallest absolute Gasteiger partial charge is 0.237 e. The van der Waals surface area contributed by atoms with Gasteiger partial charge in [-0.15, -0.1) is 12.4 Å². The number of piperidine rings is 1. The molecule has 0 aliphatic carbocycles. The number of nitrogens with one attached hydrogen (secondary N) is 2. The molecule has 2 saturated heterocycles. The van der Waals surface area contributed by atoms with Crippen LogP contribution < -0.4 is 10.6 Å². The monoisotopic (exact) mass is 331 g/mol. The molecule has 6 heteroatoms. The van der Waals surface area contributed by atoms with Gasteiger partial charge < -0.3 is 15.5 Å². The molecule has 2 unspecified atom stereocenters. The van der Waals surface area contributed by atoms with Crippen LogP contribution in [0.2, 0.25) is 0 Å². The maximum atomic E-state index is 12.1. The lowest BCUT2D eigenvalue weighted by atomic mass is 9.97. The van der Waals surface area contributed by atoms with Gasteiger partial charge in [-0.3, -0.25) is 9.59 Å². The fourth-order valence-corrected chi connectivity index (χ4v) is 3.22. The highest BCUT2D eigenvalue weighted by molar-refractivity contribution is 5.85. The second kappa shape index (κ2) is 10.1. The van der Waals surface area contributed by atoms with Crippen LogP contribution in [0.15, 0.2) is 0 Å². The van der Waals surface area contributed by atoms with Gasteiger partial charge >= 0.3 is 0 Å². The number of carbonyl (C=O) groups is 2. The molecule has 2 N–H and O–H groups in total. The number of hydrogen-bond donors (Lipinski definition) is 2. The highest BCUT2D eigenvalue weighted by Gasteiger charge is 2.26. The molecule has 0 aromatic rings. The third-order valence-corrected chi connectivity index (χ3v) is 4.56. The maximum Gasteiger partial charge on any atom is 0.237 e. The normalized spacial score (nSPS) is 24.7. The fraction of sp³-hybridized carbons (Fsp3) is 0.875. The van der Waals surface area contributed by atoms with E-state index in [0.717, 1.165) is 58.2 Å². The van der Waals surface area contributed by atoms with Gasteiger partial charge in [0, 0.05) is 26.1 Å². The quantitative estimate of drug-likeness (QED) is 0.779. The molecule has 0 aromatic carbocycles. The SMILES string of the molecule is CCCCC(=O)N1CCCC(CNC(=O)C2CCCN2)C1.Cl. The van der Waals surface area contributed by atoms with Gasteiger partial charge in [-0.1, -0.05) is 13.3 Å². The second-order valence-electron chi connectivity index (χ2n) is 6.35. The average molecular weight is 332 g/mol. The predicted octanol–water partition coefficient (Wildman–Crippen LogP) is 1.71. The Balaban J connectivity index is 0.00000242. The Bertz CT molecular complexity index is 359. The molecule has 0 bridgehead atoms. The molecule has 2 aliphatic heterocycles. The summed E-state index contributed by atoms with van der Waals surface area (Å²) in [6, 6.07) is -0.00382. The van der Waals surface area contributed by atoms with Gasteiger partial charge in [0.25, 0.3) is 0 Å². The van der Waals surface area contributed by atoms with Gasteiger partial charge in [0.05, 0.1) is 6.04 Å². The zero-order valence-electron chi connectivity index (χ0n) is 13.6. The van der Waals surface area contributed by atoms with Gasteiger partial charge in [0.15, 0.2) is 0 Å². The van der Waals surface area contributed by atoms with Crippen molar-refractivity contribution >= 4 is 24.2 Å². The second-order valence-corrected chi connectivity index (χ2v) is 6.35. The average Bonchev–Trinajstić information content (AvgIpc) is 3.05. The zero-order valence-corrected chi connectivity index (χ0v) is 14.4. The van der Waals surface area contributed by atoms with E-state index in [-0.39, 0.29) is 30.3 Å². The minimum Gasteiger partial charge on any atom is -0.354 e. The van der Waals surface area contributed by atoms with Crippen molar-refractivity contribution in [1.82, 2.24) is 15.5 Å². The first-order chi connectivity index (χ1) is 10.2. The molecular formula is C16H30ClN3O2. The van der Waals surface area contributed by atoms with Crippen LogP contribution in [0, 0.1) is 5.92 Å². The lowest BCUT2D eigenvalue weighted by molar-refractivity contribution is -0.133. The van der Waals surface area contributed by atoms with Crippen molar-refractivity contribution in [3.8, 4) is 0 Å². The third-order valence-electron chi connectivity index (χ3n) is 4.56. The van der Waals surface area contributed by atoms with Crippen molar-refractivity contribution in [2.24, 2.45) is 5.92 Å². The van der Waals surface area contributed by atoms with Crippen molar-refractivity contribution in [2.45, 2.75) is 57.9 Å². The Kier molecular flexibility index (Phi) is 8.79. The van der Waals surface area contributed by atoms with E-state index in [1.54, 1.807) is 0 Å². The molecule has 0 aromatic heterocycles. The molecule has 0 spiro atoms. The zero-order chi connectivity index (χ0) is 15.1. The molecule has 0 saturated carbocycles. The largest absolute Gasteiger partial charge is 0.354 e. The summed E-state index contributed by atoms with van der Waals surface area (Å²) in [6.07, 6.45) is 6.90. The number of hydrogen-bond acceptors (Lipinski definition) is 3. The molecule has 22 heavy (non-hydrogen) atoms. The van der Waals surface area contributed by atoms with Gasteiger partial charge in [-0.2, -0.15) is 0 Å². The number of unbranched alkanes of at least 4 members (excludes halogenated alkanes) is 1. The molecule has 2 atom stereocenters. The third kappa shape index (κ3) is 5.76. The number of amides is 2. The first-order valence-corrected chi connectivity index (χ1v) is 8.49. The molecular weight excluding hydrogens is 302 g/mol. The Hall–Kier alpha value is -0.810. The van der Waals surface area contributed by atoms with Crippen molar-refractivity contribution in [1.29, 1.82) is 0 Å². The molecule has 2 aliphatic rings. The lowest BCUT2D eigenvalue weighted by Crippen LogP contribution is -2.46. The summed E-state index contributed by atoms with van der Waals surface area (Å²) in [4.78, 5) is 26.1. The number of nitrogens with zero attached hydrogens (tertiary/aromatic N) is 1. The van der Waals surface area contributed by atoms with E-state index >= 15 is 0 Å². The van der Waals surface area contributed by atoms with Crippen molar-refractivity contribution < 1.29 is 9.59 Å². The molecule has 2 amide bonds. The van der Waals surface area contributed by atoms with E-state index in [4.69, 9.17) is 0 Å². The van der Waals surface area contributed by atoms with Crippen molar-refractivity contribution in [3.05, 3.63) is 0 Å². The number of carbonyl (C=O) groups excluding carboxylic acids is 2. The summed E-state index contributed by atoms with van der Waals surface area (Å²) in [5.41, 5.74) is 0. The molecule has 2 rings (SSSR count). The van der Waals surface area contributed by atoms with Crippen LogP contribution in [0.4, 0.5) is 0 Å². The predicted molar refractivity (Wildman–Crippen MR) is 90.1 cm³/mol. The van der Waals surface area contributed by atoms with E-state index in [2.05, 4.69) is 17.6 Å². The van der Waals surface area contributed by atoms with Crippen LogP contribution >= 0.6 is 12.4 Å². The van der Waals surface area contributed by atoms with Crippen molar-refractivity contribution in [2.75, 3.05) is 26.2 Å². The summed E-state index contributed by atoms with van der Waals surface area (Å²) in [5, 5.41) is 6.28.